The third-order valence-corrected chi connectivity index (χ3v) is 2.54. The van der Waals surface area contributed by atoms with E-state index in [1.165, 1.54) is 12.1 Å². The van der Waals surface area contributed by atoms with Gasteiger partial charge in [0.25, 0.3) is 0 Å². The number of halogens is 3. The molecule has 0 radical (unpaired) electrons. The van der Waals surface area contributed by atoms with Crippen LogP contribution in [0.25, 0.3) is 0 Å². The summed E-state index contributed by atoms with van der Waals surface area (Å²) >= 11 is 0. The fourth-order valence-corrected chi connectivity index (χ4v) is 1.68. The molecule has 16 heavy (non-hydrogen) atoms. The molecule has 5 heteroatoms. The minimum atomic E-state index is -4.26. The molecule has 1 fully saturated rings. The van der Waals surface area contributed by atoms with E-state index in [-0.39, 0.29) is 6.10 Å². The van der Waals surface area contributed by atoms with Crippen LogP contribution in [0.1, 0.15) is 11.1 Å². The van der Waals surface area contributed by atoms with Crippen molar-refractivity contribution in [2.45, 2.75) is 18.7 Å². The summed E-state index contributed by atoms with van der Waals surface area (Å²) in [6.45, 7) is 1.27. The van der Waals surface area contributed by atoms with Gasteiger partial charge >= 0.3 is 6.18 Å². The van der Waals surface area contributed by atoms with Gasteiger partial charge in [-0.25, -0.2) is 0 Å². The van der Waals surface area contributed by atoms with Gasteiger partial charge in [-0.3, -0.25) is 5.32 Å². The van der Waals surface area contributed by atoms with Crippen molar-refractivity contribution in [1.82, 2.24) is 5.32 Å². The Hall–Kier alpha value is -1.07. The quantitative estimate of drug-likeness (QED) is 0.842. The van der Waals surface area contributed by atoms with Crippen molar-refractivity contribution in [3.05, 3.63) is 35.4 Å². The Bertz CT molecular complexity index is 341. The van der Waals surface area contributed by atoms with Gasteiger partial charge in [0, 0.05) is 6.54 Å². The second kappa shape index (κ2) is 4.43. The molecule has 1 aliphatic heterocycles. The van der Waals surface area contributed by atoms with Gasteiger partial charge in [0.05, 0.1) is 18.4 Å². The molecule has 1 heterocycles. The first-order chi connectivity index (χ1) is 7.55. The predicted octanol–water partition coefficient (Wildman–Crippen LogP) is 2.19. The lowest BCUT2D eigenvalue weighted by Crippen LogP contribution is -2.16. The maximum absolute atomic E-state index is 12.3. The lowest BCUT2D eigenvalue weighted by molar-refractivity contribution is -0.137. The van der Waals surface area contributed by atoms with Crippen molar-refractivity contribution in [1.29, 1.82) is 0 Å². The third kappa shape index (κ3) is 2.74. The second-order valence-corrected chi connectivity index (χ2v) is 3.79. The van der Waals surface area contributed by atoms with Crippen molar-refractivity contribution in [2.75, 3.05) is 13.3 Å². The smallest absolute Gasteiger partial charge is 0.361 e. The molecule has 1 atom stereocenters. The number of ether oxygens (including phenoxy) is 1. The Labute approximate surface area is 91.4 Å². The van der Waals surface area contributed by atoms with Crippen molar-refractivity contribution in [3.8, 4) is 0 Å². The largest absolute Gasteiger partial charge is 0.416 e. The molecule has 2 nitrogen and oxygen atoms in total. The van der Waals surface area contributed by atoms with Crippen LogP contribution in [0.3, 0.4) is 0 Å². The fraction of sp³-hybridized carbons (Fsp3) is 0.455. The van der Waals surface area contributed by atoms with Gasteiger partial charge in [0.2, 0.25) is 0 Å². The zero-order valence-corrected chi connectivity index (χ0v) is 8.55. The van der Waals surface area contributed by atoms with E-state index in [1.807, 2.05) is 0 Å². The normalized spacial score (nSPS) is 21.3. The molecule has 1 N–H and O–H groups in total. The first kappa shape index (κ1) is 11.4. The van der Waals surface area contributed by atoms with Crippen molar-refractivity contribution >= 4 is 0 Å². The van der Waals surface area contributed by atoms with Crippen LogP contribution < -0.4 is 5.32 Å². The number of hydrogen-bond donors (Lipinski definition) is 1. The van der Waals surface area contributed by atoms with Gasteiger partial charge in [-0.05, 0) is 24.1 Å². The topological polar surface area (TPSA) is 21.3 Å². The maximum atomic E-state index is 12.3. The van der Waals surface area contributed by atoms with Gasteiger partial charge in [0.15, 0.2) is 0 Å². The van der Waals surface area contributed by atoms with E-state index in [2.05, 4.69) is 5.32 Å². The van der Waals surface area contributed by atoms with Crippen LogP contribution in [-0.4, -0.2) is 19.4 Å². The highest BCUT2D eigenvalue weighted by Gasteiger charge is 2.30. The fourth-order valence-electron chi connectivity index (χ4n) is 1.68. The average molecular weight is 231 g/mol. The molecule has 88 valence electrons. The Morgan fingerprint density at radius 3 is 2.44 bits per heavy atom. The molecule has 1 aliphatic rings. The molecule has 0 bridgehead atoms. The third-order valence-electron chi connectivity index (χ3n) is 2.54. The first-order valence-corrected chi connectivity index (χ1v) is 5.04. The molecule has 1 aromatic rings. The van der Waals surface area contributed by atoms with Crippen LogP contribution in [0, 0.1) is 0 Å². The molecule has 0 saturated carbocycles. The minimum Gasteiger partial charge on any atom is -0.361 e. The number of hydrogen-bond acceptors (Lipinski definition) is 2. The number of alkyl halides is 3. The highest BCUT2D eigenvalue weighted by Crippen LogP contribution is 2.29. The minimum absolute atomic E-state index is 0.0664. The summed E-state index contributed by atoms with van der Waals surface area (Å²) in [5.41, 5.74) is 0.253. The summed E-state index contributed by atoms with van der Waals surface area (Å²) in [6, 6.07) is 5.23. The van der Waals surface area contributed by atoms with E-state index in [1.54, 1.807) is 0 Å². The summed E-state index contributed by atoms with van der Waals surface area (Å²) in [4.78, 5) is 0. The maximum Gasteiger partial charge on any atom is 0.416 e. The standard InChI is InChI=1S/C11H12F3NO/c12-11(13,14)9-3-1-8(2-4-9)5-10-6-15-7-16-10/h1-4,10,15H,5-7H2. The molecule has 1 saturated heterocycles. The first-order valence-electron chi connectivity index (χ1n) is 5.04. The van der Waals surface area contributed by atoms with Crippen LogP contribution in [0.4, 0.5) is 13.2 Å². The van der Waals surface area contributed by atoms with Crippen LogP contribution in [-0.2, 0) is 17.3 Å². The van der Waals surface area contributed by atoms with Gasteiger partial charge in [-0.15, -0.1) is 0 Å². The summed E-state index contributed by atoms with van der Waals surface area (Å²) in [5, 5.41) is 3.03. The van der Waals surface area contributed by atoms with Gasteiger partial charge < -0.3 is 4.74 Å². The number of nitrogens with one attached hydrogen (secondary N) is 1. The zero-order valence-electron chi connectivity index (χ0n) is 8.55. The van der Waals surface area contributed by atoms with E-state index in [4.69, 9.17) is 4.74 Å². The number of benzene rings is 1. The lowest BCUT2D eigenvalue weighted by Gasteiger charge is -2.10. The van der Waals surface area contributed by atoms with Crippen LogP contribution >= 0.6 is 0 Å². The Balaban J connectivity index is 2.01. The van der Waals surface area contributed by atoms with Crippen molar-refractivity contribution in [2.24, 2.45) is 0 Å². The highest BCUT2D eigenvalue weighted by atomic mass is 19.4. The molecule has 0 spiro atoms. The van der Waals surface area contributed by atoms with Crippen molar-refractivity contribution in [3.63, 3.8) is 0 Å². The lowest BCUT2D eigenvalue weighted by atomic mass is 10.1. The Kier molecular flexibility index (Phi) is 3.16. The van der Waals surface area contributed by atoms with E-state index < -0.39 is 11.7 Å². The molecular formula is C11H12F3NO. The second-order valence-electron chi connectivity index (χ2n) is 3.79. The molecule has 0 aliphatic carbocycles. The molecule has 0 amide bonds. The average Bonchev–Trinajstić information content (AvgIpc) is 2.70. The van der Waals surface area contributed by atoms with Gasteiger partial charge in [-0.1, -0.05) is 12.1 Å². The van der Waals surface area contributed by atoms with E-state index in [0.717, 1.165) is 24.2 Å². The Morgan fingerprint density at radius 2 is 1.94 bits per heavy atom. The van der Waals surface area contributed by atoms with E-state index in [9.17, 15) is 13.2 Å². The van der Waals surface area contributed by atoms with Crippen LogP contribution in [0.5, 0.6) is 0 Å². The SMILES string of the molecule is FC(F)(F)c1ccc(CC2CNCO2)cc1. The monoisotopic (exact) mass is 231 g/mol. The molecule has 0 aromatic heterocycles. The van der Waals surface area contributed by atoms with Gasteiger partial charge in [-0.2, -0.15) is 13.2 Å². The summed E-state index contributed by atoms with van der Waals surface area (Å²) in [7, 11) is 0. The van der Waals surface area contributed by atoms with E-state index in [0.29, 0.717) is 13.2 Å². The predicted molar refractivity (Wildman–Crippen MR) is 52.9 cm³/mol. The highest BCUT2D eigenvalue weighted by molar-refractivity contribution is 5.25. The Morgan fingerprint density at radius 1 is 1.25 bits per heavy atom. The molecule has 1 unspecified atom stereocenters. The summed E-state index contributed by atoms with van der Waals surface area (Å²) in [5.74, 6) is 0. The van der Waals surface area contributed by atoms with Gasteiger partial charge in [0.1, 0.15) is 0 Å². The zero-order chi connectivity index (χ0) is 11.6. The van der Waals surface area contributed by atoms with E-state index >= 15 is 0 Å². The van der Waals surface area contributed by atoms with Crippen molar-refractivity contribution < 1.29 is 17.9 Å². The molecule has 1 aromatic carbocycles. The van der Waals surface area contributed by atoms with Crippen LogP contribution in [0.2, 0.25) is 0 Å². The number of rotatable bonds is 2. The summed E-state index contributed by atoms with van der Waals surface area (Å²) in [6.07, 6.45) is -3.55. The summed E-state index contributed by atoms with van der Waals surface area (Å²) < 4.78 is 42.2. The molecule has 2 rings (SSSR count). The molecular weight excluding hydrogens is 219 g/mol. The van der Waals surface area contributed by atoms with Crippen LogP contribution in [0.15, 0.2) is 24.3 Å².